The quantitative estimate of drug-likeness (QED) is 0.784. The highest BCUT2D eigenvalue weighted by molar-refractivity contribution is 5.85. The van der Waals surface area contributed by atoms with Gasteiger partial charge < -0.3 is 5.32 Å². The van der Waals surface area contributed by atoms with E-state index in [9.17, 15) is 13.6 Å². The zero-order chi connectivity index (χ0) is 17.4. The topological polar surface area (TPSA) is 44.4 Å². The van der Waals surface area contributed by atoms with Gasteiger partial charge in [0.2, 0.25) is 5.91 Å². The van der Waals surface area contributed by atoms with Gasteiger partial charge in [-0.1, -0.05) is 30.3 Å². The summed E-state index contributed by atoms with van der Waals surface area (Å²) in [4.78, 5) is 14.8. The van der Waals surface area contributed by atoms with Crippen LogP contribution >= 0.6 is 24.8 Å². The molecule has 1 aromatic carbocycles. The van der Waals surface area contributed by atoms with E-state index in [4.69, 9.17) is 0 Å². The van der Waals surface area contributed by atoms with Crippen LogP contribution in [0, 0.1) is 0 Å². The zero-order valence-electron chi connectivity index (χ0n) is 15.1. The van der Waals surface area contributed by atoms with E-state index < -0.39 is 24.9 Å². The van der Waals surface area contributed by atoms with Crippen molar-refractivity contribution in [2.45, 2.75) is 68.7 Å². The number of nitrogens with one attached hydrogen (secondary N) is 2. The van der Waals surface area contributed by atoms with Gasteiger partial charge in [-0.3, -0.25) is 15.0 Å². The summed E-state index contributed by atoms with van der Waals surface area (Å²) in [6, 6.07) is 10.8. The zero-order valence-corrected chi connectivity index (χ0v) is 16.7. The molecular weight excluding hydrogens is 395 g/mol. The average Bonchev–Trinajstić information content (AvgIpc) is 3.05. The highest BCUT2D eigenvalue weighted by Gasteiger charge is 2.44. The number of fused-ring (bicyclic) bond motifs is 2. The molecule has 0 aliphatic carbocycles. The molecule has 4 nitrogen and oxygen atoms in total. The molecule has 0 aromatic heterocycles. The first-order chi connectivity index (χ1) is 12.0. The Morgan fingerprint density at radius 1 is 1.15 bits per heavy atom. The van der Waals surface area contributed by atoms with Crippen LogP contribution < -0.4 is 10.6 Å². The highest BCUT2D eigenvalue weighted by Crippen LogP contribution is 2.37. The van der Waals surface area contributed by atoms with Gasteiger partial charge in [-0.15, -0.1) is 24.8 Å². The lowest BCUT2D eigenvalue weighted by Gasteiger charge is -2.39. The molecule has 1 amide bonds. The predicted molar refractivity (Wildman–Crippen MR) is 106 cm³/mol. The Morgan fingerprint density at radius 2 is 1.78 bits per heavy atom. The van der Waals surface area contributed by atoms with Crippen molar-refractivity contribution in [3.05, 3.63) is 35.9 Å². The van der Waals surface area contributed by atoms with Crippen molar-refractivity contribution in [1.29, 1.82) is 0 Å². The first-order valence-corrected chi connectivity index (χ1v) is 9.21. The molecule has 2 N–H and O–H groups in total. The molecule has 0 spiro atoms. The molecule has 3 aliphatic rings. The van der Waals surface area contributed by atoms with Crippen LogP contribution in [0.4, 0.5) is 8.78 Å². The van der Waals surface area contributed by atoms with Crippen molar-refractivity contribution in [1.82, 2.24) is 15.5 Å². The first-order valence-electron chi connectivity index (χ1n) is 9.21. The van der Waals surface area contributed by atoms with Crippen LogP contribution in [-0.4, -0.2) is 47.4 Å². The lowest BCUT2D eigenvalue weighted by molar-refractivity contribution is -0.124. The summed E-state index contributed by atoms with van der Waals surface area (Å²) in [5.74, 6) is -3.03. The van der Waals surface area contributed by atoms with Gasteiger partial charge >= 0.3 is 0 Å². The largest absolute Gasteiger partial charge is 0.352 e. The number of nitrogens with zero attached hydrogens (tertiary/aromatic N) is 1. The van der Waals surface area contributed by atoms with E-state index in [-0.39, 0.29) is 36.8 Å². The minimum atomic E-state index is -2.76. The fourth-order valence-corrected chi connectivity index (χ4v) is 4.65. The molecule has 8 heteroatoms. The van der Waals surface area contributed by atoms with Crippen molar-refractivity contribution in [3.63, 3.8) is 0 Å². The average molecular weight is 422 g/mol. The van der Waals surface area contributed by atoms with Crippen molar-refractivity contribution in [2.75, 3.05) is 6.54 Å². The minimum absolute atomic E-state index is 0. The Labute approximate surface area is 171 Å². The summed E-state index contributed by atoms with van der Waals surface area (Å²) in [5.41, 5.74) is 1.32. The number of halogens is 4. The number of piperidine rings is 1. The van der Waals surface area contributed by atoms with Crippen LogP contribution in [-0.2, 0) is 11.3 Å². The monoisotopic (exact) mass is 421 g/mol. The summed E-state index contributed by atoms with van der Waals surface area (Å²) in [7, 11) is 0. The van der Waals surface area contributed by atoms with Crippen LogP contribution in [0.25, 0.3) is 0 Å². The maximum absolute atomic E-state index is 13.3. The van der Waals surface area contributed by atoms with Crippen LogP contribution in [0.2, 0.25) is 0 Å². The van der Waals surface area contributed by atoms with Crippen LogP contribution in [0.1, 0.15) is 37.7 Å². The van der Waals surface area contributed by atoms with Gasteiger partial charge in [0, 0.05) is 31.1 Å². The second-order valence-electron chi connectivity index (χ2n) is 7.71. The summed E-state index contributed by atoms with van der Waals surface area (Å²) in [6.07, 6.45) is 3.75. The normalized spacial score (nSPS) is 31.6. The first kappa shape index (κ1) is 22.3. The third kappa shape index (κ3) is 5.11. The van der Waals surface area contributed by atoms with Gasteiger partial charge in [0.15, 0.2) is 0 Å². The lowest BCUT2D eigenvalue weighted by atomic mass is 9.96. The third-order valence-electron chi connectivity index (χ3n) is 5.87. The summed E-state index contributed by atoms with van der Waals surface area (Å²) >= 11 is 0. The molecule has 3 unspecified atom stereocenters. The molecule has 0 radical (unpaired) electrons. The Balaban J connectivity index is 0.00000131. The number of hydrogen-bond acceptors (Lipinski definition) is 3. The maximum atomic E-state index is 13.3. The van der Waals surface area contributed by atoms with E-state index in [1.165, 1.54) is 5.56 Å². The SMILES string of the molecule is Cl.Cl.O=C(NC1CC2CCC(C1)N2Cc1ccccc1)C1CC(F)(F)CN1. The van der Waals surface area contributed by atoms with Gasteiger partial charge in [0.25, 0.3) is 5.92 Å². The predicted octanol–water partition coefficient (Wildman–Crippen LogP) is 3.14. The molecule has 1 aromatic rings. The second kappa shape index (κ2) is 9.03. The van der Waals surface area contributed by atoms with Crippen molar-refractivity contribution in [2.24, 2.45) is 0 Å². The van der Waals surface area contributed by atoms with E-state index in [1.807, 2.05) is 6.07 Å². The molecule has 0 saturated carbocycles. The van der Waals surface area contributed by atoms with E-state index in [1.54, 1.807) is 0 Å². The molecule has 3 aliphatic heterocycles. The molecule has 27 heavy (non-hydrogen) atoms. The van der Waals surface area contributed by atoms with Crippen molar-refractivity contribution in [3.8, 4) is 0 Å². The van der Waals surface area contributed by atoms with Crippen LogP contribution in [0.15, 0.2) is 30.3 Å². The molecular formula is C19H27Cl2F2N3O. The van der Waals surface area contributed by atoms with Gasteiger partial charge in [0.1, 0.15) is 0 Å². The highest BCUT2D eigenvalue weighted by atomic mass is 35.5. The number of alkyl halides is 2. The summed E-state index contributed by atoms with van der Waals surface area (Å²) < 4.78 is 26.6. The van der Waals surface area contributed by atoms with Gasteiger partial charge in [0.05, 0.1) is 12.6 Å². The van der Waals surface area contributed by atoms with Gasteiger partial charge in [-0.2, -0.15) is 0 Å². The number of rotatable bonds is 4. The minimum Gasteiger partial charge on any atom is -0.352 e. The van der Waals surface area contributed by atoms with Gasteiger partial charge in [-0.05, 0) is 31.2 Å². The molecule has 3 saturated heterocycles. The standard InChI is InChI=1S/C19H25F2N3O.2ClH/c20-19(21)10-17(22-12-19)18(25)23-14-8-15-6-7-16(9-14)24(15)11-13-4-2-1-3-5-13;;/h1-5,14-17,22H,6-12H2,(H,23,25);2*1H. The van der Waals surface area contributed by atoms with Gasteiger partial charge in [-0.25, -0.2) is 8.78 Å². The Bertz CT molecular complexity index is 621. The maximum Gasteiger partial charge on any atom is 0.262 e. The molecule has 3 heterocycles. The molecule has 4 rings (SSSR count). The fraction of sp³-hybridized carbons (Fsp3) is 0.632. The fourth-order valence-electron chi connectivity index (χ4n) is 4.65. The van der Waals surface area contributed by atoms with Crippen LogP contribution in [0.5, 0.6) is 0 Å². The Kier molecular flexibility index (Phi) is 7.47. The van der Waals surface area contributed by atoms with E-state index in [0.717, 1.165) is 32.2 Å². The number of carbonyl (C=O) groups is 1. The second-order valence-corrected chi connectivity index (χ2v) is 7.71. The number of benzene rings is 1. The van der Waals surface area contributed by atoms with E-state index in [0.29, 0.717) is 12.1 Å². The number of hydrogen-bond donors (Lipinski definition) is 2. The number of carbonyl (C=O) groups excluding carboxylic acids is 1. The Morgan fingerprint density at radius 3 is 2.33 bits per heavy atom. The molecule has 3 fully saturated rings. The summed E-state index contributed by atoms with van der Waals surface area (Å²) in [6.45, 7) is 0.555. The lowest BCUT2D eigenvalue weighted by Crippen LogP contribution is -2.52. The third-order valence-corrected chi connectivity index (χ3v) is 5.87. The molecule has 152 valence electrons. The van der Waals surface area contributed by atoms with E-state index in [2.05, 4.69) is 39.8 Å². The van der Waals surface area contributed by atoms with Crippen molar-refractivity contribution >= 4 is 30.7 Å². The smallest absolute Gasteiger partial charge is 0.262 e. The summed E-state index contributed by atoms with van der Waals surface area (Å²) in [5, 5.41) is 5.67. The molecule has 2 bridgehead atoms. The van der Waals surface area contributed by atoms with Crippen LogP contribution in [0.3, 0.4) is 0 Å². The Hall–Kier alpha value is -0.950. The van der Waals surface area contributed by atoms with E-state index >= 15 is 0 Å². The van der Waals surface area contributed by atoms with Crippen molar-refractivity contribution < 1.29 is 13.6 Å². The molecule has 3 atom stereocenters. The number of amides is 1.